The van der Waals surface area contributed by atoms with Gasteiger partial charge in [0.15, 0.2) is 0 Å². The Morgan fingerprint density at radius 1 is 1.26 bits per heavy atom. The third-order valence-corrected chi connectivity index (χ3v) is 4.47. The van der Waals surface area contributed by atoms with Crippen LogP contribution in [0.25, 0.3) is 0 Å². The number of fused-ring (bicyclic) bond motifs is 1. The van der Waals surface area contributed by atoms with Crippen LogP contribution in [0.3, 0.4) is 0 Å². The van der Waals surface area contributed by atoms with E-state index in [1.807, 2.05) is 0 Å². The number of hydrogen-bond acceptors (Lipinski definition) is 2. The zero-order valence-corrected chi connectivity index (χ0v) is 11.3. The Labute approximate surface area is 114 Å². The Balaban J connectivity index is 1.48. The minimum Gasteiger partial charge on any atom is -0.355 e. The van der Waals surface area contributed by atoms with E-state index in [1.54, 1.807) is 0 Å². The molecule has 1 amide bonds. The largest absolute Gasteiger partial charge is 0.355 e. The molecule has 1 heterocycles. The van der Waals surface area contributed by atoms with E-state index in [-0.39, 0.29) is 11.9 Å². The summed E-state index contributed by atoms with van der Waals surface area (Å²) in [5, 5.41) is 6.41. The molecular formula is C16H22N2O. The topological polar surface area (TPSA) is 41.1 Å². The molecule has 0 spiro atoms. The number of benzene rings is 1. The molecular weight excluding hydrogens is 236 g/mol. The van der Waals surface area contributed by atoms with Crippen molar-refractivity contribution in [1.82, 2.24) is 10.6 Å². The van der Waals surface area contributed by atoms with Gasteiger partial charge in [-0.2, -0.15) is 0 Å². The van der Waals surface area contributed by atoms with Crippen molar-refractivity contribution in [1.29, 1.82) is 0 Å². The summed E-state index contributed by atoms with van der Waals surface area (Å²) in [4.78, 5) is 12.1. The van der Waals surface area contributed by atoms with E-state index in [0.717, 1.165) is 31.8 Å². The van der Waals surface area contributed by atoms with Crippen molar-refractivity contribution >= 4 is 5.91 Å². The second-order valence-electron chi connectivity index (χ2n) is 5.78. The number of rotatable bonds is 4. The van der Waals surface area contributed by atoms with Crippen molar-refractivity contribution in [3.05, 3.63) is 35.4 Å². The second-order valence-corrected chi connectivity index (χ2v) is 5.78. The lowest BCUT2D eigenvalue weighted by Crippen LogP contribution is -2.48. The lowest BCUT2D eigenvalue weighted by Gasteiger charge is -2.27. The van der Waals surface area contributed by atoms with Crippen molar-refractivity contribution in [2.45, 2.75) is 44.7 Å². The van der Waals surface area contributed by atoms with Gasteiger partial charge in [0.25, 0.3) is 0 Å². The second kappa shape index (κ2) is 5.74. The smallest absolute Gasteiger partial charge is 0.237 e. The molecule has 1 aromatic carbocycles. The fourth-order valence-electron chi connectivity index (χ4n) is 2.94. The number of carbonyl (C=O) groups excluding carboxylic acids is 1. The van der Waals surface area contributed by atoms with Crippen molar-refractivity contribution in [2.75, 3.05) is 6.54 Å². The van der Waals surface area contributed by atoms with Crippen LogP contribution in [0.5, 0.6) is 0 Å². The summed E-state index contributed by atoms with van der Waals surface area (Å²) in [6.45, 7) is 1.64. The molecule has 1 aliphatic carbocycles. The summed E-state index contributed by atoms with van der Waals surface area (Å²) in [5.41, 5.74) is 2.63. The Hall–Kier alpha value is -1.35. The van der Waals surface area contributed by atoms with E-state index in [1.165, 1.54) is 30.4 Å². The highest BCUT2D eigenvalue weighted by molar-refractivity contribution is 5.82. The first-order chi connectivity index (χ1) is 9.33. The highest BCUT2D eigenvalue weighted by Crippen LogP contribution is 2.28. The minimum atomic E-state index is -0.0590. The number of carbonyl (C=O) groups is 1. The molecule has 19 heavy (non-hydrogen) atoms. The molecule has 1 fully saturated rings. The quantitative estimate of drug-likeness (QED) is 0.867. The molecule has 0 bridgehead atoms. The highest BCUT2D eigenvalue weighted by Gasteiger charge is 2.24. The van der Waals surface area contributed by atoms with Gasteiger partial charge in [-0.3, -0.25) is 4.79 Å². The summed E-state index contributed by atoms with van der Waals surface area (Å²) in [5.74, 6) is 1.02. The summed E-state index contributed by atoms with van der Waals surface area (Å²) < 4.78 is 0. The van der Waals surface area contributed by atoms with Gasteiger partial charge in [-0.25, -0.2) is 0 Å². The van der Waals surface area contributed by atoms with E-state index in [2.05, 4.69) is 34.9 Å². The first-order valence-electron chi connectivity index (χ1n) is 7.41. The molecule has 2 aliphatic rings. The first-order valence-corrected chi connectivity index (χ1v) is 7.41. The molecule has 3 heteroatoms. The van der Waals surface area contributed by atoms with Crippen molar-refractivity contribution in [2.24, 2.45) is 5.92 Å². The standard InChI is InChI=1S/C16H22N2O/c19-16(17-9-8-12-4-3-5-12)15-10-13-6-1-2-7-14(13)11-18-15/h1-2,6-7,12,15,18H,3-5,8-11H2,(H,17,19)/t15-/m1/s1. The Kier molecular flexibility index (Phi) is 3.83. The summed E-state index contributed by atoms with van der Waals surface area (Å²) in [7, 11) is 0. The van der Waals surface area contributed by atoms with Crippen molar-refractivity contribution < 1.29 is 4.79 Å². The first kappa shape index (κ1) is 12.7. The van der Waals surface area contributed by atoms with Gasteiger partial charge in [-0.15, -0.1) is 0 Å². The van der Waals surface area contributed by atoms with E-state index in [9.17, 15) is 4.79 Å². The molecule has 0 unspecified atom stereocenters. The van der Waals surface area contributed by atoms with Crippen molar-refractivity contribution in [3.8, 4) is 0 Å². The fourth-order valence-corrected chi connectivity index (χ4v) is 2.94. The maximum absolute atomic E-state index is 12.1. The molecule has 0 saturated heterocycles. The van der Waals surface area contributed by atoms with E-state index in [0.29, 0.717) is 0 Å². The maximum atomic E-state index is 12.1. The normalized spacial score (nSPS) is 22.4. The van der Waals surface area contributed by atoms with Crippen LogP contribution in [-0.4, -0.2) is 18.5 Å². The van der Waals surface area contributed by atoms with Crippen molar-refractivity contribution in [3.63, 3.8) is 0 Å². The molecule has 0 aromatic heterocycles. The van der Waals surface area contributed by atoms with Crippen LogP contribution < -0.4 is 10.6 Å². The van der Waals surface area contributed by atoms with E-state index in [4.69, 9.17) is 0 Å². The number of amides is 1. The van der Waals surface area contributed by atoms with E-state index >= 15 is 0 Å². The number of hydrogen-bond donors (Lipinski definition) is 2. The van der Waals surface area contributed by atoms with Gasteiger partial charge >= 0.3 is 0 Å². The zero-order chi connectivity index (χ0) is 13.1. The number of nitrogens with one attached hydrogen (secondary N) is 2. The summed E-state index contributed by atoms with van der Waals surface area (Å²) in [6, 6.07) is 8.31. The maximum Gasteiger partial charge on any atom is 0.237 e. The van der Waals surface area contributed by atoms with Gasteiger partial charge in [-0.05, 0) is 29.9 Å². The van der Waals surface area contributed by atoms with Crippen LogP contribution >= 0.6 is 0 Å². The predicted octanol–water partition coefficient (Wildman–Crippen LogP) is 2.01. The predicted molar refractivity (Wildman–Crippen MR) is 75.7 cm³/mol. The van der Waals surface area contributed by atoms with Crippen LogP contribution in [0.1, 0.15) is 36.8 Å². The van der Waals surface area contributed by atoms with Crippen LogP contribution in [-0.2, 0) is 17.8 Å². The Morgan fingerprint density at radius 3 is 2.79 bits per heavy atom. The van der Waals surface area contributed by atoms with Gasteiger partial charge in [0.1, 0.15) is 0 Å². The Morgan fingerprint density at radius 2 is 2.05 bits per heavy atom. The minimum absolute atomic E-state index is 0.0590. The molecule has 2 N–H and O–H groups in total. The van der Waals surface area contributed by atoms with Crippen LogP contribution in [0.15, 0.2) is 24.3 Å². The van der Waals surface area contributed by atoms with Gasteiger partial charge in [-0.1, -0.05) is 43.5 Å². The SMILES string of the molecule is O=C(NCCC1CCC1)[C@H]1Cc2ccccc2CN1. The van der Waals surface area contributed by atoms with Gasteiger partial charge in [0, 0.05) is 13.1 Å². The lowest BCUT2D eigenvalue weighted by atomic mass is 9.83. The molecule has 1 aromatic rings. The highest BCUT2D eigenvalue weighted by atomic mass is 16.2. The fraction of sp³-hybridized carbons (Fsp3) is 0.562. The third-order valence-electron chi connectivity index (χ3n) is 4.47. The summed E-state index contributed by atoms with van der Waals surface area (Å²) in [6.07, 6.45) is 6.04. The molecule has 3 rings (SSSR count). The van der Waals surface area contributed by atoms with Crippen LogP contribution in [0, 0.1) is 5.92 Å². The van der Waals surface area contributed by atoms with Crippen LogP contribution in [0.4, 0.5) is 0 Å². The van der Waals surface area contributed by atoms with Gasteiger partial charge in [0.2, 0.25) is 5.91 Å². The zero-order valence-electron chi connectivity index (χ0n) is 11.3. The molecule has 0 radical (unpaired) electrons. The molecule has 1 saturated carbocycles. The average Bonchev–Trinajstić information content (AvgIpc) is 2.40. The lowest BCUT2D eigenvalue weighted by molar-refractivity contribution is -0.123. The molecule has 102 valence electrons. The van der Waals surface area contributed by atoms with E-state index < -0.39 is 0 Å². The van der Waals surface area contributed by atoms with Gasteiger partial charge in [0.05, 0.1) is 6.04 Å². The van der Waals surface area contributed by atoms with Crippen LogP contribution in [0.2, 0.25) is 0 Å². The Bertz CT molecular complexity index is 454. The molecule has 1 aliphatic heterocycles. The molecule has 1 atom stereocenters. The molecule has 3 nitrogen and oxygen atoms in total. The average molecular weight is 258 g/mol. The third kappa shape index (κ3) is 2.98. The monoisotopic (exact) mass is 258 g/mol. The van der Waals surface area contributed by atoms with Gasteiger partial charge < -0.3 is 10.6 Å². The summed E-state index contributed by atoms with van der Waals surface area (Å²) >= 11 is 0.